The Morgan fingerprint density at radius 1 is 1.41 bits per heavy atom. The predicted octanol–water partition coefficient (Wildman–Crippen LogP) is 3.68. The summed E-state index contributed by atoms with van der Waals surface area (Å²) < 4.78 is 0. The van der Waals surface area contributed by atoms with Crippen LogP contribution in [-0.2, 0) is 0 Å². The van der Waals surface area contributed by atoms with Gasteiger partial charge in [-0.2, -0.15) is 0 Å². The molecule has 1 rings (SSSR count). The molecule has 0 heterocycles. The molecule has 0 aliphatic heterocycles. The van der Waals surface area contributed by atoms with Gasteiger partial charge in [-0.3, -0.25) is 0 Å². The van der Waals surface area contributed by atoms with E-state index in [4.69, 9.17) is 5.11 Å². The number of hydrogen-bond acceptors (Lipinski definition) is 2. The molecule has 0 bridgehead atoms. The topological polar surface area (TPSA) is 49.3 Å². The minimum Gasteiger partial charge on any atom is -0.478 e. The highest BCUT2D eigenvalue weighted by atomic mass is 16.4. The summed E-state index contributed by atoms with van der Waals surface area (Å²) in [7, 11) is 0. The first-order valence-corrected chi connectivity index (χ1v) is 6.19. The molecule has 0 aliphatic rings. The molecule has 0 saturated heterocycles. The van der Waals surface area contributed by atoms with Gasteiger partial charge in [-0.1, -0.05) is 26.3 Å². The summed E-state index contributed by atoms with van der Waals surface area (Å²) in [6, 6.07) is 5.80. The third-order valence-corrected chi connectivity index (χ3v) is 3.05. The Balaban J connectivity index is 2.91. The van der Waals surface area contributed by atoms with Crippen LogP contribution in [0.2, 0.25) is 0 Å². The van der Waals surface area contributed by atoms with E-state index in [0.717, 1.165) is 30.5 Å². The fourth-order valence-corrected chi connectivity index (χ4v) is 1.97. The molecule has 0 aliphatic carbocycles. The van der Waals surface area contributed by atoms with Crippen LogP contribution < -0.4 is 5.32 Å². The fourth-order valence-electron chi connectivity index (χ4n) is 1.97. The highest BCUT2D eigenvalue weighted by Gasteiger charge is 2.12. The smallest absolute Gasteiger partial charge is 0.336 e. The van der Waals surface area contributed by atoms with Crippen molar-refractivity contribution in [1.82, 2.24) is 0 Å². The van der Waals surface area contributed by atoms with Crippen molar-refractivity contribution in [2.75, 3.05) is 5.32 Å². The average Bonchev–Trinajstić information content (AvgIpc) is 2.30. The number of carboxylic acids is 1. The number of carboxylic acid groups (broad SMARTS) is 1. The first-order chi connectivity index (χ1) is 8.10. The second-order valence-corrected chi connectivity index (χ2v) is 4.32. The van der Waals surface area contributed by atoms with E-state index in [1.54, 1.807) is 12.1 Å². The second-order valence-electron chi connectivity index (χ2n) is 4.32. The molecule has 0 saturated carbocycles. The molecule has 0 aromatic heterocycles. The van der Waals surface area contributed by atoms with Crippen molar-refractivity contribution in [3.8, 4) is 0 Å². The lowest BCUT2D eigenvalue weighted by molar-refractivity contribution is 0.0696. The maximum Gasteiger partial charge on any atom is 0.336 e. The van der Waals surface area contributed by atoms with E-state index in [2.05, 4.69) is 19.2 Å². The molecule has 1 atom stereocenters. The zero-order chi connectivity index (χ0) is 12.8. The molecule has 0 radical (unpaired) electrons. The largest absolute Gasteiger partial charge is 0.478 e. The van der Waals surface area contributed by atoms with Crippen LogP contribution in [0.3, 0.4) is 0 Å². The maximum absolute atomic E-state index is 11.0. The summed E-state index contributed by atoms with van der Waals surface area (Å²) in [5.74, 6) is -0.866. The van der Waals surface area contributed by atoms with Crippen molar-refractivity contribution >= 4 is 11.7 Å². The molecule has 17 heavy (non-hydrogen) atoms. The molecule has 1 aromatic carbocycles. The van der Waals surface area contributed by atoms with Gasteiger partial charge in [-0.05, 0) is 37.5 Å². The second kappa shape index (κ2) is 6.28. The summed E-state index contributed by atoms with van der Waals surface area (Å²) in [4.78, 5) is 11.0. The highest BCUT2D eigenvalue weighted by Crippen LogP contribution is 2.21. The van der Waals surface area contributed by atoms with Gasteiger partial charge in [0.15, 0.2) is 0 Å². The van der Waals surface area contributed by atoms with Crippen LogP contribution >= 0.6 is 0 Å². The number of hydrogen-bond donors (Lipinski definition) is 2. The van der Waals surface area contributed by atoms with Crippen molar-refractivity contribution in [2.45, 2.75) is 46.1 Å². The zero-order valence-corrected chi connectivity index (χ0v) is 10.8. The van der Waals surface area contributed by atoms with E-state index < -0.39 is 5.97 Å². The molecule has 0 amide bonds. The van der Waals surface area contributed by atoms with Crippen molar-refractivity contribution in [2.24, 2.45) is 0 Å². The van der Waals surface area contributed by atoms with Gasteiger partial charge in [-0.25, -0.2) is 4.79 Å². The van der Waals surface area contributed by atoms with Crippen LogP contribution in [0.4, 0.5) is 5.69 Å². The third-order valence-electron chi connectivity index (χ3n) is 3.05. The molecule has 94 valence electrons. The summed E-state index contributed by atoms with van der Waals surface area (Å²) in [5, 5.41) is 12.5. The molecule has 3 heteroatoms. The Bertz CT molecular complexity index is 388. The van der Waals surface area contributed by atoms with Gasteiger partial charge < -0.3 is 10.4 Å². The first kappa shape index (κ1) is 13.6. The van der Waals surface area contributed by atoms with Crippen molar-refractivity contribution < 1.29 is 9.90 Å². The molecular formula is C14H21NO2. The Hall–Kier alpha value is -1.51. The van der Waals surface area contributed by atoms with Crippen LogP contribution in [0.1, 0.15) is 49.0 Å². The number of nitrogens with one attached hydrogen (secondary N) is 1. The third kappa shape index (κ3) is 3.48. The van der Waals surface area contributed by atoms with Crippen LogP contribution in [0.25, 0.3) is 0 Å². The minimum absolute atomic E-state index is 0.376. The van der Waals surface area contributed by atoms with Crippen LogP contribution in [0.15, 0.2) is 18.2 Å². The number of rotatable bonds is 6. The number of anilines is 1. The lowest BCUT2D eigenvalue weighted by Gasteiger charge is -2.19. The van der Waals surface area contributed by atoms with Gasteiger partial charge in [0.25, 0.3) is 0 Å². The number of carbonyl (C=O) groups is 1. The molecule has 0 fully saturated rings. The molecule has 1 unspecified atom stereocenters. The van der Waals surface area contributed by atoms with Crippen molar-refractivity contribution in [3.05, 3.63) is 29.3 Å². The average molecular weight is 235 g/mol. The van der Waals surface area contributed by atoms with Crippen LogP contribution in [-0.4, -0.2) is 17.1 Å². The van der Waals surface area contributed by atoms with Crippen molar-refractivity contribution in [1.29, 1.82) is 0 Å². The van der Waals surface area contributed by atoms with Gasteiger partial charge >= 0.3 is 5.97 Å². The maximum atomic E-state index is 11.0. The van der Waals surface area contributed by atoms with E-state index in [0.29, 0.717) is 11.6 Å². The lowest BCUT2D eigenvalue weighted by Crippen LogP contribution is -2.19. The Labute approximate surface area is 103 Å². The van der Waals surface area contributed by atoms with E-state index in [1.807, 2.05) is 13.0 Å². The molecular weight excluding hydrogens is 214 g/mol. The number of benzene rings is 1. The van der Waals surface area contributed by atoms with Gasteiger partial charge in [0.1, 0.15) is 0 Å². The summed E-state index contributed by atoms with van der Waals surface area (Å²) >= 11 is 0. The van der Waals surface area contributed by atoms with E-state index >= 15 is 0 Å². The predicted molar refractivity (Wildman–Crippen MR) is 70.7 cm³/mol. The normalized spacial score (nSPS) is 12.2. The van der Waals surface area contributed by atoms with Gasteiger partial charge in [-0.15, -0.1) is 0 Å². The van der Waals surface area contributed by atoms with E-state index in [1.165, 1.54) is 0 Å². The van der Waals surface area contributed by atoms with Gasteiger partial charge in [0, 0.05) is 11.7 Å². The Morgan fingerprint density at radius 2 is 2.12 bits per heavy atom. The molecule has 1 aromatic rings. The lowest BCUT2D eigenvalue weighted by atomic mass is 10.0. The highest BCUT2D eigenvalue weighted by molar-refractivity contribution is 5.91. The summed E-state index contributed by atoms with van der Waals surface area (Å²) in [5.41, 5.74) is 2.13. The molecule has 2 N–H and O–H groups in total. The monoisotopic (exact) mass is 235 g/mol. The van der Waals surface area contributed by atoms with E-state index in [9.17, 15) is 4.79 Å². The summed E-state index contributed by atoms with van der Waals surface area (Å²) in [6.45, 7) is 6.15. The van der Waals surface area contributed by atoms with Crippen LogP contribution in [0.5, 0.6) is 0 Å². The van der Waals surface area contributed by atoms with Gasteiger partial charge in [0.05, 0.1) is 5.56 Å². The summed E-state index contributed by atoms with van der Waals surface area (Å²) in [6.07, 6.45) is 3.28. The minimum atomic E-state index is -0.866. The van der Waals surface area contributed by atoms with Gasteiger partial charge in [0.2, 0.25) is 0 Å². The first-order valence-electron chi connectivity index (χ1n) is 6.19. The molecule has 3 nitrogen and oxygen atoms in total. The van der Waals surface area contributed by atoms with Crippen molar-refractivity contribution in [3.63, 3.8) is 0 Å². The van der Waals surface area contributed by atoms with Crippen LogP contribution in [0, 0.1) is 6.92 Å². The Morgan fingerprint density at radius 3 is 2.65 bits per heavy atom. The molecule has 0 spiro atoms. The quantitative estimate of drug-likeness (QED) is 0.790. The fraction of sp³-hybridized carbons (Fsp3) is 0.500. The standard InChI is InChI=1S/C14H21NO2/c1-4-7-11(5-2)15-13-9-6-8-12(10(13)3)14(16)17/h6,8-9,11,15H,4-5,7H2,1-3H3,(H,16,17). The van der Waals surface area contributed by atoms with E-state index in [-0.39, 0.29) is 0 Å². The number of aromatic carboxylic acids is 1. The Kier molecular flexibility index (Phi) is 5.01. The SMILES string of the molecule is CCCC(CC)Nc1cccc(C(=O)O)c1C. The zero-order valence-electron chi connectivity index (χ0n) is 10.8.